The highest BCUT2D eigenvalue weighted by Crippen LogP contribution is 2.13. The van der Waals surface area contributed by atoms with Crippen LogP contribution in [0.1, 0.15) is 12.5 Å². The highest BCUT2D eigenvalue weighted by Gasteiger charge is 2.09. The molecule has 0 bridgehead atoms. The molecule has 0 unspecified atom stereocenters. The highest BCUT2D eigenvalue weighted by atomic mass is 32.2. The molecule has 0 aliphatic carbocycles. The number of anilines is 1. The molecule has 0 saturated heterocycles. The summed E-state index contributed by atoms with van der Waals surface area (Å²) in [5.41, 5.74) is 7.27. The predicted octanol–water partition coefficient (Wildman–Crippen LogP) is 1.19. The average Bonchev–Trinajstić information content (AvgIpc) is 2.36. The molecule has 0 fully saturated rings. The van der Waals surface area contributed by atoms with Crippen LogP contribution in [-0.2, 0) is 9.84 Å². The van der Waals surface area contributed by atoms with Gasteiger partial charge in [0.2, 0.25) is 0 Å². The first-order chi connectivity index (χ1) is 8.35. The minimum absolute atomic E-state index is 0.164. The quantitative estimate of drug-likeness (QED) is 0.796. The van der Waals surface area contributed by atoms with E-state index in [4.69, 9.17) is 18.0 Å². The van der Waals surface area contributed by atoms with Crippen LogP contribution in [0.15, 0.2) is 24.3 Å². The van der Waals surface area contributed by atoms with Crippen LogP contribution in [0.4, 0.5) is 5.69 Å². The van der Waals surface area contributed by atoms with Gasteiger partial charge in [-0.15, -0.1) is 0 Å². The zero-order valence-electron chi connectivity index (χ0n) is 10.6. The molecule has 0 aliphatic rings. The van der Waals surface area contributed by atoms with E-state index in [1.165, 1.54) is 0 Å². The predicted molar refractivity (Wildman–Crippen MR) is 79.9 cm³/mol. The van der Waals surface area contributed by atoms with Crippen LogP contribution >= 0.6 is 12.2 Å². The smallest absolute Gasteiger partial charge is 0.151 e. The molecule has 0 aromatic heterocycles. The lowest BCUT2D eigenvalue weighted by Crippen LogP contribution is -2.26. The van der Waals surface area contributed by atoms with Gasteiger partial charge < -0.3 is 10.6 Å². The van der Waals surface area contributed by atoms with Gasteiger partial charge in [-0.25, -0.2) is 8.42 Å². The summed E-state index contributed by atoms with van der Waals surface area (Å²) in [4.78, 5) is 2.26. The van der Waals surface area contributed by atoms with Gasteiger partial charge in [0.15, 0.2) is 9.84 Å². The highest BCUT2D eigenvalue weighted by molar-refractivity contribution is 7.91. The molecular weight excluding hydrogens is 268 g/mol. The van der Waals surface area contributed by atoms with Crippen LogP contribution < -0.4 is 10.6 Å². The zero-order chi connectivity index (χ0) is 13.8. The van der Waals surface area contributed by atoms with E-state index >= 15 is 0 Å². The summed E-state index contributed by atoms with van der Waals surface area (Å²) in [6.07, 6.45) is 0. The van der Waals surface area contributed by atoms with Crippen LogP contribution in [0.3, 0.4) is 0 Å². The van der Waals surface area contributed by atoms with E-state index in [1.54, 1.807) is 6.92 Å². The molecule has 1 aromatic carbocycles. The SMILES string of the molecule is CCS(=O)(=O)CCN(C)c1ccc(C(N)=S)cc1. The molecular formula is C12H18N2O2S2. The number of hydrogen-bond acceptors (Lipinski definition) is 4. The molecule has 2 N–H and O–H groups in total. The summed E-state index contributed by atoms with van der Waals surface area (Å²) < 4.78 is 22.8. The van der Waals surface area contributed by atoms with Crippen LogP contribution in [0.25, 0.3) is 0 Å². The van der Waals surface area contributed by atoms with Gasteiger partial charge in [-0.3, -0.25) is 0 Å². The maximum absolute atomic E-state index is 11.4. The average molecular weight is 286 g/mol. The Bertz CT molecular complexity index is 509. The lowest BCUT2D eigenvalue weighted by molar-refractivity contribution is 0.596. The molecule has 0 heterocycles. The van der Waals surface area contributed by atoms with E-state index < -0.39 is 9.84 Å². The Morgan fingerprint density at radius 3 is 2.33 bits per heavy atom. The summed E-state index contributed by atoms with van der Waals surface area (Å²) in [5, 5.41) is 0. The minimum Gasteiger partial charge on any atom is -0.389 e. The first-order valence-electron chi connectivity index (χ1n) is 5.67. The van der Waals surface area contributed by atoms with Gasteiger partial charge in [-0.2, -0.15) is 0 Å². The second-order valence-corrected chi connectivity index (χ2v) is 6.98. The summed E-state index contributed by atoms with van der Waals surface area (Å²) in [6.45, 7) is 2.13. The monoisotopic (exact) mass is 286 g/mol. The van der Waals surface area contributed by atoms with Gasteiger partial charge in [0.1, 0.15) is 4.99 Å². The fraction of sp³-hybridized carbons (Fsp3) is 0.417. The van der Waals surface area contributed by atoms with Gasteiger partial charge in [-0.1, -0.05) is 19.1 Å². The van der Waals surface area contributed by atoms with Crippen molar-refractivity contribution >= 4 is 32.7 Å². The molecule has 1 rings (SSSR count). The molecule has 100 valence electrons. The van der Waals surface area contributed by atoms with Crippen LogP contribution in [0, 0.1) is 0 Å². The largest absolute Gasteiger partial charge is 0.389 e. The second kappa shape index (κ2) is 6.15. The maximum atomic E-state index is 11.4. The Morgan fingerprint density at radius 1 is 1.33 bits per heavy atom. The van der Waals surface area contributed by atoms with E-state index in [9.17, 15) is 8.42 Å². The summed E-state index contributed by atoms with van der Waals surface area (Å²) in [5.74, 6) is 0.346. The number of hydrogen-bond donors (Lipinski definition) is 1. The molecule has 0 atom stereocenters. The number of nitrogens with two attached hydrogens (primary N) is 1. The van der Waals surface area contributed by atoms with Gasteiger partial charge in [0.05, 0.1) is 5.75 Å². The molecule has 6 heteroatoms. The third kappa shape index (κ3) is 4.27. The number of benzene rings is 1. The molecule has 0 aliphatic heterocycles. The number of nitrogens with zero attached hydrogens (tertiary/aromatic N) is 1. The molecule has 0 saturated carbocycles. The Labute approximate surface area is 114 Å². The van der Waals surface area contributed by atoms with Crippen molar-refractivity contribution < 1.29 is 8.42 Å². The van der Waals surface area contributed by atoms with Crippen molar-refractivity contribution in [2.45, 2.75) is 6.92 Å². The number of rotatable bonds is 6. The minimum atomic E-state index is -2.93. The first kappa shape index (κ1) is 14.9. The lowest BCUT2D eigenvalue weighted by atomic mass is 10.2. The van der Waals surface area contributed by atoms with Crippen molar-refractivity contribution in [1.29, 1.82) is 0 Å². The summed E-state index contributed by atoms with van der Waals surface area (Å²) >= 11 is 4.87. The number of thiocarbonyl (C=S) groups is 1. The molecule has 4 nitrogen and oxygen atoms in total. The first-order valence-corrected chi connectivity index (χ1v) is 7.90. The molecule has 1 aromatic rings. The normalized spacial score (nSPS) is 11.2. The maximum Gasteiger partial charge on any atom is 0.151 e. The van der Waals surface area contributed by atoms with E-state index in [-0.39, 0.29) is 11.5 Å². The molecule has 18 heavy (non-hydrogen) atoms. The van der Waals surface area contributed by atoms with Gasteiger partial charge in [0.25, 0.3) is 0 Å². The third-order valence-corrected chi connectivity index (χ3v) is 4.69. The second-order valence-electron chi connectivity index (χ2n) is 4.07. The summed E-state index contributed by atoms with van der Waals surface area (Å²) in [7, 11) is -1.06. The molecule has 0 spiro atoms. The van der Waals surface area contributed by atoms with Crippen molar-refractivity contribution in [3.8, 4) is 0 Å². The van der Waals surface area contributed by atoms with Crippen molar-refractivity contribution in [2.24, 2.45) is 5.73 Å². The topological polar surface area (TPSA) is 63.4 Å². The molecule has 0 radical (unpaired) electrons. The Morgan fingerprint density at radius 2 is 1.89 bits per heavy atom. The van der Waals surface area contributed by atoms with Gasteiger partial charge in [0, 0.05) is 30.6 Å². The standard InChI is InChI=1S/C12H18N2O2S2/c1-3-18(15,16)9-8-14(2)11-6-4-10(5-7-11)12(13)17/h4-7H,3,8-9H2,1-2H3,(H2,13,17). The van der Waals surface area contributed by atoms with Crippen molar-refractivity contribution in [2.75, 3.05) is 30.0 Å². The number of sulfone groups is 1. The Hall–Kier alpha value is -1.14. The van der Waals surface area contributed by atoms with Crippen molar-refractivity contribution in [3.63, 3.8) is 0 Å². The van der Waals surface area contributed by atoms with E-state index in [0.717, 1.165) is 11.3 Å². The lowest BCUT2D eigenvalue weighted by Gasteiger charge is -2.19. The Balaban J connectivity index is 2.67. The van der Waals surface area contributed by atoms with E-state index in [0.29, 0.717) is 11.5 Å². The fourth-order valence-corrected chi connectivity index (χ4v) is 2.41. The summed E-state index contributed by atoms with van der Waals surface area (Å²) in [6, 6.07) is 7.44. The molecule has 0 amide bonds. The van der Waals surface area contributed by atoms with E-state index in [2.05, 4.69) is 0 Å². The van der Waals surface area contributed by atoms with Crippen molar-refractivity contribution in [1.82, 2.24) is 0 Å². The van der Waals surface area contributed by atoms with Crippen molar-refractivity contribution in [3.05, 3.63) is 29.8 Å². The van der Waals surface area contributed by atoms with Gasteiger partial charge >= 0.3 is 0 Å². The third-order valence-electron chi connectivity index (χ3n) is 2.77. The van der Waals surface area contributed by atoms with Crippen LogP contribution in [-0.4, -0.2) is 38.5 Å². The van der Waals surface area contributed by atoms with Gasteiger partial charge in [-0.05, 0) is 24.3 Å². The Kier molecular flexibility index (Phi) is 5.10. The van der Waals surface area contributed by atoms with E-state index in [1.807, 2.05) is 36.2 Å². The fourth-order valence-electron chi connectivity index (χ4n) is 1.43. The zero-order valence-corrected chi connectivity index (χ0v) is 12.2. The van der Waals surface area contributed by atoms with Crippen LogP contribution in [0.5, 0.6) is 0 Å². The van der Waals surface area contributed by atoms with Crippen LogP contribution in [0.2, 0.25) is 0 Å².